The summed E-state index contributed by atoms with van der Waals surface area (Å²) in [6, 6.07) is 4.91. The van der Waals surface area contributed by atoms with Crippen molar-refractivity contribution in [3.63, 3.8) is 0 Å². The lowest BCUT2D eigenvalue weighted by Gasteiger charge is -2.35. The van der Waals surface area contributed by atoms with Gasteiger partial charge in [0.1, 0.15) is 11.1 Å². The summed E-state index contributed by atoms with van der Waals surface area (Å²) < 4.78 is 23.9. The van der Waals surface area contributed by atoms with Gasteiger partial charge in [-0.25, -0.2) is 8.42 Å². The fourth-order valence-electron chi connectivity index (χ4n) is 2.25. The quantitative estimate of drug-likeness (QED) is 0.443. The summed E-state index contributed by atoms with van der Waals surface area (Å²) in [4.78, 5) is 12.5. The molecule has 0 N–H and O–H groups in total. The number of hydrogen-bond acceptors (Lipinski definition) is 6. The van der Waals surface area contributed by atoms with Crippen LogP contribution in [0.1, 0.15) is 5.56 Å². The molecule has 0 aliphatic carbocycles. The molecule has 1 atom stereocenters. The molecule has 9 heteroatoms. The van der Waals surface area contributed by atoms with Gasteiger partial charge < -0.3 is 4.90 Å². The van der Waals surface area contributed by atoms with E-state index >= 15 is 0 Å². The highest BCUT2D eigenvalue weighted by atomic mass is 79.9. The first-order valence-corrected chi connectivity index (χ1v) is 10.4. The first-order valence-electron chi connectivity index (χ1n) is 6.21. The van der Waals surface area contributed by atoms with E-state index in [0.29, 0.717) is 23.3 Å². The molecule has 1 fully saturated rings. The van der Waals surface area contributed by atoms with Crippen molar-refractivity contribution >= 4 is 48.9 Å². The van der Waals surface area contributed by atoms with Crippen LogP contribution in [-0.4, -0.2) is 43.0 Å². The topological polar surface area (TPSA) is 80.5 Å². The van der Waals surface area contributed by atoms with Crippen molar-refractivity contribution in [1.82, 2.24) is 0 Å². The Morgan fingerprint density at radius 2 is 2.24 bits per heavy atom. The Morgan fingerprint density at radius 1 is 1.52 bits per heavy atom. The maximum atomic E-state index is 11.9. The number of nitro groups is 1. The van der Waals surface area contributed by atoms with Crippen LogP contribution in [0.15, 0.2) is 18.2 Å². The highest BCUT2D eigenvalue weighted by Gasteiger charge is 2.34. The second-order valence-corrected chi connectivity index (χ2v) is 8.68. The van der Waals surface area contributed by atoms with Gasteiger partial charge in [-0.3, -0.25) is 10.1 Å². The van der Waals surface area contributed by atoms with Gasteiger partial charge in [0.2, 0.25) is 0 Å². The zero-order valence-corrected chi connectivity index (χ0v) is 14.6. The van der Waals surface area contributed by atoms with Crippen molar-refractivity contribution in [3.8, 4) is 0 Å². The molecule has 1 aromatic rings. The van der Waals surface area contributed by atoms with Crippen molar-refractivity contribution in [2.24, 2.45) is 0 Å². The molecule has 0 radical (unpaired) electrons. The van der Waals surface area contributed by atoms with E-state index in [1.807, 2.05) is 0 Å². The van der Waals surface area contributed by atoms with Gasteiger partial charge in [0.15, 0.2) is 9.84 Å². The van der Waals surface area contributed by atoms with E-state index in [-0.39, 0.29) is 5.69 Å². The number of thioether (sulfide) groups is 1. The monoisotopic (exact) mass is 394 g/mol. The van der Waals surface area contributed by atoms with Gasteiger partial charge in [-0.15, -0.1) is 0 Å². The predicted molar refractivity (Wildman–Crippen MR) is 89.0 cm³/mol. The summed E-state index contributed by atoms with van der Waals surface area (Å²) in [5.74, 6) is 1.18. The number of rotatable bonds is 4. The van der Waals surface area contributed by atoms with Gasteiger partial charge in [0.05, 0.1) is 4.92 Å². The number of sulfone groups is 1. The van der Waals surface area contributed by atoms with Crippen molar-refractivity contribution in [1.29, 1.82) is 0 Å². The van der Waals surface area contributed by atoms with Gasteiger partial charge >= 0.3 is 0 Å². The van der Waals surface area contributed by atoms with Gasteiger partial charge in [-0.2, -0.15) is 11.8 Å². The Morgan fingerprint density at radius 3 is 2.81 bits per heavy atom. The number of halogens is 1. The molecule has 2 rings (SSSR count). The predicted octanol–water partition coefficient (Wildman–Crippen LogP) is 2.41. The van der Waals surface area contributed by atoms with E-state index < -0.39 is 20.1 Å². The number of alkyl halides is 1. The largest absolute Gasteiger partial charge is 0.348 e. The standard InChI is InChI=1S/C12H15BrN2O4S2/c1-21(18,19)12-8-20-5-4-14(12)10-3-2-9(7-13)6-11(10)15(16)17/h2-3,6,12H,4-5,7-8H2,1H3. The summed E-state index contributed by atoms with van der Waals surface area (Å²) >= 11 is 4.82. The van der Waals surface area contributed by atoms with Gasteiger partial charge in [0, 0.05) is 35.7 Å². The minimum Gasteiger partial charge on any atom is -0.348 e. The fraction of sp³-hybridized carbons (Fsp3) is 0.500. The van der Waals surface area contributed by atoms with Crippen LogP contribution in [0, 0.1) is 10.1 Å². The van der Waals surface area contributed by atoms with Gasteiger partial charge in [-0.05, 0) is 11.6 Å². The normalized spacial score (nSPS) is 19.5. The van der Waals surface area contributed by atoms with Crippen LogP contribution in [0.2, 0.25) is 0 Å². The highest BCUT2D eigenvalue weighted by molar-refractivity contribution is 9.08. The molecule has 0 amide bonds. The first-order chi connectivity index (χ1) is 9.84. The van der Waals surface area contributed by atoms with Crippen molar-refractivity contribution in [2.75, 3.05) is 29.2 Å². The lowest BCUT2D eigenvalue weighted by molar-refractivity contribution is -0.384. The van der Waals surface area contributed by atoms with E-state index in [9.17, 15) is 18.5 Å². The molecular formula is C12H15BrN2O4S2. The summed E-state index contributed by atoms with van der Waals surface area (Å²) in [5, 5.41) is 11.1. The third kappa shape index (κ3) is 3.70. The second kappa shape index (κ2) is 6.53. The summed E-state index contributed by atoms with van der Waals surface area (Å²) in [7, 11) is -3.31. The number of benzene rings is 1. The molecule has 0 saturated carbocycles. The van der Waals surface area contributed by atoms with E-state index in [2.05, 4.69) is 15.9 Å². The smallest absolute Gasteiger partial charge is 0.292 e. The maximum Gasteiger partial charge on any atom is 0.292 e. The van der Waals surface area contributed by atoms with Crippen LogP contribution in [0.5, 0.6) is 0 Å². The van der Waals surface area contributed by atoms with Crippen LogP contribution in [0.3, 0.4) is 0 Å². The summed E-state index contributed by atoms with van der Waals surface area (Å²) in [6.45, 7) is 0.483. The molecular weight excluding hydrogens is 380 g/mol. The van der Waals surface area contributed by atoms with Crippen LogP contribution in [0.25, 0.3) is 0 Å². The summed E-state index contributed by atoms with van der Waals surface area (Å²) in [5.41, 5.74) is 1.11. The van der Waals surface area contributed by atoms with E-state index in [1.165, 1.54) is 12.3 Å². The van der Waals surface area contributed by atoms with Crippen molar-refractivity contribution in [3.05, 3.63) is 33.9 Å². The molecule has 1 aliphatic heterocycles. The Hall–Kier alpha value is -0.800. The maximum absolute atomic E-state index is 11.9. The molecule has 1 aromatic carbocycles. The van der Waals surface area contributed by atoms with Crippen LogP contribution >= 0.6 is 27.7 Å². The minimum atomic E-state index is -3.31. The zero-order valence-electron chi connectivity index (χ0n) is 11.4. The molecule has 1 saturated heterocycles. The van der Waals surface area contributed by atoms with Crippen LogP contribution in [-0.2, 0) is 15.2 Å². The van der Waals surface area contributed by atoms with Crippen LogP contribution < -0.4 is 4.90 Å². The van der Waals surface area contributed by atoms with E-state index in [1.54, 1.807) is 28.8 Å². The van der Waals surface area contributed by atoms with E-state index in [0.717, 1.165) is 11.3 Å². The molecule has 0 bridgehead atoms. The molecule has 21 heavy (non-hydrogen) atoms. The third-order valence-electron chi connectivity index (χ3n) is 3.28. The SMILES string of the molecule is CS(=O)(=O)C1CSCCN1c1ccc(CBr)cc1[N+](=O)[O-]. The lowest BCUT2D eigenvalue weighted by Crippen LogP contribution is -2.47. The molecule has 6 nitrogen and oxygen atoms in total. The first kappa shape index (κ1) is 16.6. The Labute approximate surface area is 136 Å². The molecule has 1 aliphatic rings. The summed E-state index contributed by atoms with van der Waals surface area (Å²) in [6.07, 6.45) is 1.18. The molecule has 0 aromatic heterocycles. The fourth-order valence-corrected chi connectivity index (χ4v) is 5.43. The van der Waals surface area contributed by atoms with Crippen molar-refractivity contribution in [2.45, 2.75) is 10.7 Å². The zero-order chi connectivity index (χ0) is 15.6. The number of anilines is 1. The molecule has 1 heterocycles. The Balaban J connectivity index is 2.50. The third-order valence-corrected chi connectivity index (χ3v) is 6.57. The van der Waals surface area contributed by atoms with Crippen molar-refractivity contribution < 1.29 is 13.3 Å². The average Bonchev–Trinajstić information content (AvgIpc) is 2.45. The lowest BCUT2D eigenvalue weighted by atomic mass is 10.1. The molecule has 1 unspecified atom stereocenters. The van der Waals surface area contributed by atoms with Gasteiger partial charge in [0.25, 0.3) is 5.69 Å². The number of hydrogen-bond donors (Lipinski definition) is 0. The second-order valence-electron chi connectivity index (χ2n) is 4.77. The Kier molecular flexibility index (Phi) is 5.15. The Bertz CT molecular complexity index is 651. The molecule has 116 valence electrons. The van der Waals surface area contributed by atoms with E-state index in [4.69, 9.17) is 0 Å². The van der Waals surface area contributed by atoms with Crippen LogP contribution in [0.4, 0.5) is 11.4 Å². The molecule has 0 spiro atoms. The number of nitro benzene ring substituents is 1. The minimum absolute atomic E-state index is 0.0486. The highest BCUT2D eigenvalue weighted by Crippen LogP contribution is 2.34. The average molecular weight is 395 g/mol. The van der Waals surface area contributed by atoms with Gasteiger partial charge in [-0.1, -0.05) is 22.0 Å². The number of nitrogens with zero attached hydrogens (tertiary/aromatic N) is 2.